The van der Waals surface area contributed by atoms with Crippen molar-refractivity contribution in [1.29, 1.82) is 0 Å². The highest BCUT2D eigenvalue weighted by Crippen LogP contribution is 2.27. The van der Waals surface area contributed by atoms with Crippen LogP contribution in [-0.4, -0.2) is 11.7 Å². The zero-order valence-corrected chi connectivity index (χ0v) is 15.5. The molecule has 0 aliphatic carbocycles. The molecule has 0 amide bonds. The highest BCUT2D eigenvalue weighted by molar-refractivity contribution is 7.99. The standard InChI is InChI=1S/C21H23NO2S/c1-4-5-11-20(22-24-21(23)16(2)3)17-12-14-19(15-13-17)25-18-9-7-6-8-10-18/h4,6-10,12-16H,1,5,11H2,2-3H3. The van der Waals surface area contributed by atoms with Gasteiger partial charge in [0, 0.05) is 9.79 Å². The summed E-state index contributed by atoms with van der Waals surface area (Å²) in [5, 5.41) is 4.08. The summed E-state index contributed by atoms with van der Waals surface area (Å²) in [6.07, 6.45) is 3.29. The minimum atomic E-state index is -0.327. The Hall–Kier alpha value is -2.33. The van der Waals surface area contributed by atoms with Gasteiger partial charge in [-0.05, 0) is 42.7 Å². The first kappa shape index (κ1) is 19.0. The Balaban J connectivity index is 2.12. The summed E-state index contributed by atoms with van der Waals surface area (Å²) in [5.74, 6) is -0.526. The van der Waals surface area contributed by atoms with Crippen LogP contribution in [0.25, 0.3) is 0 Å². The van der Waals surface area contributed by atoms with Crippen LogP contribution in [0.2, 0.25) is 0 Å². The Labute approximate surface area is 153 Å². The Morgan fingerprint density at radius 2 is 1.76 bits per heavy atom. The first-order valence-electron chi connectivity index (χ1n) is 8.32. The van der Waals surface area contributed by atoms with Crippen LogP contribution in [-0.2, 0) is 9.63 Å². The van der Waals surface area contributed by atoms with Crippen LogP contribution in [0.4, 0.5) is 0 Å². The second-order valence-electron chi connectivity index (χ2n) is 5.87. The molecule has 0 bridgehead atoms. The summed E-state index contributed by atoms with van der Waals surface area (Å²) in [4.78, 5) is 19.1. The van der Waals surface area contributed by atoms with Crippen LogP contribution >= 0.6 is 11.8 Å². The van der Waals surface area contributed by atoms with Gasteiger partial charge in [0.05, 0.1) is 11.6 Å². The van der Waals surface area contributed by atoms with Crippen molar-refractivity contribution in [3.05, 3.63) is 72.8 Å². The van der Waals surface area contributed by atoms with Crippen molar-refractivity contribution in [3.8, 4) is 0 Å². The molecular formula is C21H23NO2S. The van der Waals surface area contributed by atoms with Crippen LogP contribution in [0.5, 0.6) is 0 Å². The maximum atomic E-state index is 11.7. The van der Waals surface area contributed by atoms with Crippen LogP contribution < -0.4 is 0 Å². The van der Waals surface area contributed by atoms with Crippen molar-refractivity contribution in [2.45, 2.75) is 36.5 Å². The van der Waals surface area contributed by atoms with E-state index < -0.39 is 0 Å². The third kappa shape index (κ3) is 6.24. The lowest BCUT2D eigenvalue weighted by Gasteiger charge is -2.08. The van der Waals surface area contributed by atoms with Gasteiger partial charge >= 0.3 is 5.97 Å². The average molecular weight is 353 g/mol. The molecule has 0 spiro atoms. The SMILES string of the molecule is C=CCCC(=NOC(=O)C(C)C)c1ccc(Sc2ccccc2)cc1. The third-order valence-electron chi connectivity index (χ3n) is 3.47. The zero-order chi connectivity index (χ0) is 18.1. The molecule has 2 aromatic carbocycles. The van der Waals surface area contributed by atoms with Gasteiger partial charge in [-0.1, -0.05) is 67.2 Å². The monoisotopic (exact) mass is 353 g/mol. The van der Waals surface area contributed by atoms with Gasteiger partial charge in [-0.2, -0.15) is 0 Å². The highest BCUT2D eigenvalue weighted by atomic mass is 32.2. The zero-order valence-electron chi connectivity index (χ0n) is 14.6. The van der Waals surface area contributed by atoms with Gasteiger partial charge in [-0.25, -0.2) is 4.79 Å². The maximum Gasteiger partial charge on any atom is 0.337 e. The number of oxime groups is 1. The molecule has 0 radical (unpaired) electrons. The normalized spacial score (nSPS) is 11.4. The number of hydrogen-bond donors (Lipinski definition) is 0. The average Bonchev–Trinajstić information content (AvgIpc) is 2.63. The first-order valence-corrected chi connectivity index (χ1v) is 9.13. The third-order valence-corrected chi connectivity index (χ3v) is 4.48. The van der Waals surface area contributed by atoms with Gasteiger partial charge in [0.15, 0.2) is 0 Å². The van der Waals surface area contributed by atoms with Crippen molar-refractivity contribution in [2.75, 3.05) is 0 Å². The quantitative estimate of drug-likeness (QED) is 0.264. The summed E-state index contributed by atoms with van der Waals surface area (Å²) >= 11 is 1.71. The maximum absolute atomic E-state index is 11.7. The predicted molar refractivity (Wildman–Crippen MR) is 104 cm³/mol. The van der Waals surface area contributed by atoms with E-state index >= 15 is 0 Å². The molecule has 4 heteroatoms. The van der Waals surface area contributed by atoms with E-state index in [-0.39, 0.29) is 11.9 Å². The van der Waals surface area contributed by atoms with Crippen molar-refractivity contribution < 1.29 is 9.63 Å². The van der Waals surface area contributed by atoms with Crippen molar-refractivity contribution in [1.82, 2.24) is 0 Å². The highest BCUT2D eigenvalue weighted by Gasteiger charge is 2.10. The summed E-state index contributed by atoms with van der Waals surface area (Å²) in [5.41, 5.74) is 1.71. The lowest BCUT2D eigenvalue weighted by Crippen LogP contribution is -2.11. The molecule has 0 heterocycles. The molecule has 0 N–H and O–H groups in total. The Morgan fingerprint density at radius 1 is 1.12 bits per heavy atom. The number of hydrogen-bond acceptors (Lipinski definition) is 4. The predicted octanol–water partition coefficient (Wildman–Crippen LogP) is 5.71. The first-order chi connectivity index (χ1) is 12.1. The smallest absolute Gasteiger partial charge is 0.318 e. The molecule has 0 saturated carbocycles. The number of nitrogens with zero attached hydrogens (tertiary/aromatic N) is 1. The Morgan fingerprint density at radius 3 is 2.36 bits per heavy atom. The molecule has 0 aliphatic rings. The van der Waals surface area contributed by atoms with Crippen LogP contribution in [0, 0.1) is 5.92 Å². The summed E-state index contributed by atoms with van der Waals surface area (Å²) in [6.45, 7) is 7.32. The van der Waals surface area contributed by atoms with E-state index in [1.165, 1.54) is 4.90 Å². The van der Waals surface area contributed by atoms with E-state index in [0.29, 0.717) is 6.42 Å². The van der Waals surface area contributed by atoms with Crippen molar-refractivity contribution >= 4 is 23.4 Å². The van der Waals surface area contributed by atoms with Gasteiger partial charge in [-0.15, -0.1) is 6.58 Å². The van der Waals surface area contributed by atoms with E-state index in [1.54, 1.807) is 25.6 Å². The van der Waals surface area contributed by atoms with Gasteiger partial charge < -0.3 is 4.84 Å². The summed E-state index contributed by atoms with van der Waals surface area (Å²) < 4.78 is 0. The van der Waals surface area contributed by atoms with Crippen molar-refractivity contribution in [2.24, 2.45) is 11.1 Å². The summed E-state index contributed by atoms with van der Waals surface area (Å²) in [6, 6.07) is 18.4. The molecule has 0 fully saturated rings. The van der Waals surface area contributed by atoms with Gasteiger partial charge in [-0.3, -0.25) is 0 Å². The molecule has 0 aromatic heterocycles. The van der Waals surface area contributed by atoms with E-state index in [4.69, 9.17) is 4.84 Å². The number of rotatable bonds is 8. The second-order valence-corrected chi connectivity index (χ2v) is 7.02. The van der Waals surface area contributed by atoms with Crippen LogP contribution in [0.15, 0.2) is 82.2 Å². The molecule has 0 aliphatic heterocycles. The number of benzene rings is 2. The number of carbonyl (C=O) groups is 1. The van der Waals surface area contributed by atoms with E-state index in [0.717, 1.165) is 22.6 Å². The van der Waals surface area contributed by atoms with E-state index in [9.17, 15) is 4.79 Å². The molecule has 3 nitrogen and oxygen atoms in total. The molecule has 25 heavy (non-hydrogen) atoms. The number of carbonyl (C=O) groups excluding carboxylic acids is 1. The van der Waals surface area contributed by atoms with E-state index in [1.807, 2.05) is 36.4 Å². The molecule has 2 aromatic rings. The number of allylic oxidation sites excluding steroid dienone is 1. The van der Waals surface area contributed by atoms with Crippen LogP contribution in [0.3, 0.4) is 0 Å². The fourth-order valence-electron chi connectivity index (χ4n) is 2.03. The minimum Gasteiger partial charge on any atom is -0.318 e. The molecule has 130 valence electrons. The molecule has 0 saturated heterocycles. The fourth-order valence-corrected chi connectivity index (χ4v) is 2.86. The molecular weight excluding hydrogens is 330 g/mol. The van der Waals surface area contributed by atoms with Gasteiger partial charge in [0.2, 0.25) is 0 Å². The molecule has 0 unspecified atom stereocenters. The Bertz CT molecular complexity index is 721. The lowest BCUT2D eigenvalue weighted by molar-refractivity contribution is -0.147. The summed E-state index contributed by atoms with van der Waals surface area (Å²) in [7, 11) is 0. The van der Waals surface area contributed by atoms with Gasteiger partial charge in [0.1, 0.15) is 0 Å². The van der Waals surface area contributed by atoms with E-state index in [2.05, 4.69) is 36.0 Å². The van der Waals surface area contributed by atoms with Crippen molar-refractivity contribution in [3.63, 3.8) is 0 Å². The molecule has 2 rings (SSSR count). The largest absolute Gasteiger partial charge is 0.337 e. The van der Waals surface area contributed by atoms with Gasteiger partial charge in [0.25, 0.3) is 0 Å². The second kappa shape index (κ2) is 9.84. The Kier molecular flexibility index (Phi) is 7.48. The van der Waals surface area contributed by atoms with Crippen LogP contribution in [0.1, 0.15) is 32.3 Å². The minimum absolute atomic E-state index is 0.200. The topological polar surface area (TPSA) is 38.7 Å². The fraction of sp³-hybridized carbons (Fsp3) is 0.238. The lowest BCUT2D eigenvalue weighted by atomic mass is 10.1. The molecule has 0 atom stereocenters.